The second kappa shape index (κ2) is 7.67. The third-order valence-corrected chi connectivity index (χ3v) is 4.57. The second-order valence-electron chi connectivity index (χ2n) is 6.23. The Balaban J connectivity index is 1.30. The van der Waals surface area contributed by atoms with Gasteiger partial charge in [0.1, 0.15) is 24.8 Å². The first kappa shape index (κ1) is 16.7. The van der Waals surface area contributed by atoms with Crippen molar-refractivity contribution in [1.29, 1.82) is 0 Å². The van der Waals surface area contributed by atoms with Gasteiger partial charge in [0.25, 0.3) is 0 Å². The molecule has 8 heteroatoms. The molecule has 2 aromatic heterocycles. The number of hydrogen-bond acceptors (Lipinski definition) is 7. The van der Waals surface area contributed by atoms with Crippen LogP contribution in [0.3, 0.4) is 0 Å². The van der Waals surface area contributed by atoms with Crippen molar-refractivity contribution in [3.05, 3.63) is 48.3 Å². The van der Waals surface area contributed by atoms with Crippen molar-refractivity contribution in [2.45, 2.75) is 6.61 Å². The van der Waals surface area contributed by atoms with Gasteiger partial charge in [0.2, 0.25) is 0 Å². The van der Waals surface area contributed by atoms with E-state index in [-0.39, 0.29) is 6.61 Å². The van der Waals surface area contributed by atoms with Gasteiger partial charge < -0.3 is 14.7 Å². The predicted octanol–water partition coefficient (Wildman–Crippen LogP) is 0.818. The Morgan fingerprint density at radius 1 is 0.962 bits per heavy atom. The summed E-state index contributed by atoms with van der Waals surface area (Å²) in [4.78, 5) is 4.64. The van der Waals surface area contributed by atoms with Crippen LogP contribution >= 0.6 is 0 Å². The van der Waals surface area contributed by atoms with Crippen molar-refractivity contribution in [2.75, 3.05) is 44.2 Å². The summed E-state index contributed by atoms with van der Waals surface area (Å²) in [5.41, 5.74) is 0.648. The molecule has 0 amide bonds. The molecule has 0 unspecified atom stereocenters. The van der Waals surface area contributed by atoms with Crippen LogP contribution < -0.4 is 9.64 Å². The van der Waals surface area contributed by atoms with Crippen LogP contribution in [0.15, 0.2) is 42.5 Å². The molecule has 1 saturated heterocycles. The number of aromatic nitrogens is 4. The fourth-order valence-corrected chi connectivity index (χ4v) is 3.10. The molecule has 4 rings (SSSR count). The monoisotopic (exact) mass is 354 g/mol. The van der Waals surface area contributed by atoms with Crippen molar-refractivity contribution < 1.29 is 9.84 Å². The number of hydrogen-bond donors (Lipinski definition) is 1. The van der Waals surface area contributed by atoms with Crippen LogP contribution in [0.5, 0.6) is 5.75 Å². The molecular formula is C18H22N6O2. The highest BCUT2D eigenvalue weighted by molar-refractivity contribution is 5.46. The molecule has 3 heterocycles. The number of aliphatic hydroxyl groups is 1. The molecule has 0 atom stereocenters. The highest BCUT2D eigenvalue weighted by Crippen LogP contribution is 2.15. The lowest BCUT2D eigenvalue weighted by molar-refractivity contribution is 0.200. The fraction of sp³-hybridized carbons (Fsp3) is 0.389. The van der Waals surface area contributed by atoms with Gasteiger partial charge in [0, 0.05) is 32.7 Å². The zero-order valence-corrected chi connectivity index (χ0v) is 14.5. The third-order valence-electron chi connectivity index (χ3n) is 4.57. The molecule has 1 aliphatic heterocycles. The van der Waals surface area contributed by atoms with Crippen LogP contribution in [0.4, 0.5) is 5.82 Å². The molecule has 0 aliphatic carbocycles. The summed E-state index contributed by atoms with van der Waals surface area (Å²) in [6.45, 7) is 5.16. The van der Waals surface area contributed by atoms with Crippen LogP contribution in [-0.2, 0) is 6.61 Å². The lowest BCUT2D eigenvalue weighted by Gasteiger charge is -2.35. The van der Waals surface area contributed by atoms with E-state index in [1.165, 1.54) is 0 Å². The van der Waals surface area contributed by atoms with Crippen LogP contribution in [0.2, 0.25) is 0 Å². The van der Waals surface area contributed by atoms with Crippen LogP contribution in [0, 0.1) is 0 Å². The van der Waals surface area contributed by atoms with Crippen molar-refractivity contribution in [1.82, 2.24) is 24.7 Å². The Morgan fingerprint density at radius 3 is 2.54 bits per heavy atom. The maximum Gasteiger partial charge on any atom is 0.180 e. The Bertz CT molecular complexity index is 845. The number of para-hydroxylation sites is 1. The number of ether oxygens (including phenoxy) is 1. The van der Waals surface area contributed by atoms with Gasteiger partial charge in [-0.1, -0.05) is 18.2 Å². The molecule has 8 nitrogen and oxygen atoms in total. The second-order valence-corrected chi connectivity index (χ2v) is 6.23. The van der Waals surface area contributed by atoms with Crippen LogP contribution in [0.25, 0.3) is 5.65 Å². The maximum atomic E-state index is 9.33. The van der Waals surface area contributed by atoms with Gasteiger partial charge in [-0.2, -0.15) is 4.52 Å². The molecule has 1 N–H and O–H groups in total. The Kier molecular flexibility index (Phi) is 4.94. The molecular weight excluding hydrogens is 332 g/mol. The number of benzene rings is 1. The zero-order chi connectivity index (χ0) is 17.8. The van der Waals surface area contributed by atoms with Gasteiger partial charge in [0.05, 0.1) is 0 Å². The lowest BCUT2D eigenvalue weighted by Crippen LogP contribution is -2.47. The number of rotatable bonds is 6. The molecule has 136 valence electrons. The Hall–Kier alpha value is -2.71. The van der Waals surface area contributed by atoms with Gasteiger partial charge in [0.15, 0.2) is 11.5 Å². The number of fused-ring (bicyclic) bond motifs is 1. The van der Waals surface area contributed by atoms with E-state index in [2.05, 4.69) is 25.1 Å². The summed E-state index contributed by atoms with van der Waals surface area (Å²) in [5.74, 6) is 2.25. The Labute approximate surface area is 151 Å². The van der Waals surface area contributed by atoms with Gasteiger partial charge in [-0.25, -0.2) is 0 Å². The largest absolute Gasteiger partial charge is 0.492 e. The van der Waals surface area contributed by atoms with E-state index in [4.69, 9.17) is 4.74 Å². The SMILES string of the molecule is OCc1nnc2ccc(N3CCN(CCOc4ccccc4)CC3)nn12. The lowest BCUT2D eigenvalue weighted by atomic mass is 10.3. The van der Waals surface area contributed by atoms with Gasteiger partial charge in [-0.15, -0.1) is 15.3 Å². The minimum atomic E-state index is -0.174. The number of anilines is 1. The first-order valence-electron chi connectivity index (χ1n) is 8.81. The zero-order valence-electron chi connectivity index (χ0n) is 14.5. The standard InChI is InChI=1S/C18H22N6O2/c25-14-18-20-19-16-6-7-17(21-24(16)18)23-10-8-22(9-11-23)12-13-26-15-4-2-1-3-5-15/h1-7,25H,8-14H2. The van der Waals surface area contributed by atoms with Crippen LogP contribution in [0.1, 0.15) is 5.82 Å². The van der Waals surface area contributed by atoms with E-state index in [1.807, 2.05) is 42.5 Å². The molecule has 0 spiro atoms. The predicted molar refractivity (Wildman–Crippen MR) is 97.3 cm³/mol. The number of piperazine rings is 1. The molecule has 3 aromatic rings. The number of aliphatic hydroxyl groups excluding tert-OH is 1. The normalized spacial score (nSPS) is 15.5. The summed E-state index contributed by atoms with van der Waals surface area (Å²) < 4.78 is 7.38. The average molecular weight is 354 g/mol. The fourth-order valence-electron chi connectivity index (χ4n) is 3.10. The maximum absolute atomic E-state index is 9.33. The molecule has 26 heavy (non-hydrogen) atoms. The minimum absolute atomic E-state index is 0.174. The van der Waals surface area contributed by atoms with Gasteiger partial charge in [-0.3, -0.25) is 4.90 Å². The van der Waals surface area contributed by atoms with Crippen molar-refractivity contribution in [3.8, 4) is 5.75 Å². The quantitative estimate of drug-likeness (QED) is 0.702. The van der Waals surface area contributed by atoms with E-state index in [0.29, 0.717) is 18.1 Å². The summed E-state index contributed by atoms with van der Waals surface area (Å²) in [6.07, 6.45) is 0. The molecule has 1 aliphatic rings. The highest BCUT2D eigenvalue weighted by atomic mass is 16.5. The first-order chi connectivity index (χ1) is 12.8. The summed E-state index contributed by atoms with van der Waals surface area (Å²) in [7, 11) is 0. The first-order valence-corrected chi connectivity index (χ1v) is 8.81. The van der Waals surface area contributed by atoms with Crippen LogP contribution in [-0.4, -0.2) is 69.1 Å². The smallest absolute Gasteiger partial charge is 0.180 e. The van der Waals surface area contributed by atoms with Gasteiger partial charge >= 0.3 is 0 Å². The highest BCUT2D eigenvalue weighted by Gasteiger charge is 2.19. The van der Waals surface area contributed by atoms with E-state index >= 15 is 0 Å². The molecule has 0 radical (unpaired) electrons. The summed E-state index contributed by atoms with van der Waals surface area (Å²) in [6, 6.07) is 13.7. The summed E-state index contributed by atoms with van der Waals surface area (Å²) >= 11 is 0. The van der Waals surface area contributed by atoms with Crippen molar-refractivity contribution in [2.24, 2.45) is 0 Å². The van der Waals surface area contributed by atoms with Crippen molar-refractivity contribution in [3.63, 3.8) is 0 Å². The molecule has 1 aromatic carbocycles. The van der Waals surface area contributed by atoms with E-state index in [9.17, 15) is 5.11 Å². The topological polar surface area (TPSA) is 79.0 Å². The molecule has 0 saturated carbocycles. The number of nitrogens with zero attached hydrogens (tertiary/aromatic N) is 6. The van der Waals surface area contributed by atoms with E-state index in [0.717, 1.165) is 44.3 Å². The van der Waals surface area contributed by atoms with E-state index in [1.54, 1.807) is 4.52 Å². The van der Waals surface area contributed by atoms with Crippen molar-refractivity contribution >= 4 is 11.5 Å². The Morgan fingerprint density at radius 2 is 1.77 bits per heavy atom. The minimum Gasteiger partial charge on any atom is -0.492 e. The van der Waals surface area contributed by atoms with Gasteiger partial charge in [-0.05, 0) is 24.3 Å². The average Bonchev–Trinajstić information content (AvgIpc) is 3.12. The molecule has 0 bridgehead atoms. The molecule has 1 fully saturated rings. The summed E-state index contributed by atoms with van der Waals surface area (Å²) in [5, 5.41) is 21.8. The van der Waals surface area contributed by atoms with E-state index < -0.39 is 0 Å². The third kappa shape index (κ3) is 3.61.